The molecule has 5 rings (SSSR count). The number of quaternary nitrogens is 1. The number of hydrogen-bond donors (Lipinski definition) is 5. The second kappa shape index (κ2) is 17.7. The van der Waals surface area contributed by atoms with Gasteiger partial charge in [0.05, 0.1) is 35.9 Å². The molecule has 0 saturated carbocycles. The van der Waals surface area contributed by atoms with E-state index in [1.807, 2.05) is 66.9 Å². The first-order chi connectivity index (χ1) is 25.4. The third kappa shape index (κ3) is 8.40. The largest absolute Gasteiger partial charge is 0.478 e. The minimum Gasteiger partial charge on any atom is -0.478 e. The number of carboxylic acids is 1. The second-order valence-corrected chi connectivity index (χ2v) is 15.6. The lowest BCUT2D eigenvalue weighted by molar-refractivity contribution is -0.868. The Labute approximate surface area is 324 Å². The first kappa shape index (κ1) is 40.6. The van der Waals surface area contributed by atoms with Crippen molar-refractivity contribution in [2.24, 2.45) is 10.4 Å². The summed E-state index contributed by atoms with van der Waals surface area (Å²) in [5.41, 5.74) is 5.38. The first-order valence-electron chi connectivity index (χ1n) is 17.3. The Kier molecular flexibility index (Phi) is 13.5. The van der Waals surface area contributed by atoms with E-state index in [-0.39, 0.29) is 17.6 Å². The molecule has 0 spiro atoms. The number of aliphatic imine (C=N–C) groups is 1. The summed E-state index contributed by atoms with van der Waals surface area (Å²) in [6.45, 7) is 7.67. The maximum absolute atomic E-state index is 13.1. The summed E-state index contributed by atoms with van der Waals surface area (Å²) in [6, 6.07) is 12.8. The van der Waals surface area contributed by atoms with Gasteiger partial charge in [-0.05, 0) is 97.1 Å². The van der Waals surface area contributed by atoms with Crippen LogP contribution >= 0.6 is 36.1 Å². The van der Waals surface area contributed by atoms with Gasteiger partial charge in [-0.1, -0.05) is 44.2 Å². The van der Waals surface area contributed by atoms with Crippen molar-refractivity contribution in [1.82, 2.24) is 5.06 Å². The number of carboxylic acid groups (broad SMARTS) is 1. The van der Waals surface area contributed by atoms with E-state index in [0.29, 0.717) is 47.1 Å². The molecule has 0 radical (unpaired) electrons. The molecule has 2 aromatic carbocycles. The van der Waals surface area contributed by atoms with Gasteiger partial charge in [0.2, 0.25) is 6.17 Å². The van der Waals surface area contributed by atoms with Gasteiger partial charge in [-0.3, -0.25) is 14.5 Å². The maximum atomic E-state index is 13.1. The van der Waals surface area contributed by atoms with E-state index in [0.717, 1.165) is 75.6 Å². The van der Waals surface area contributed by atoms with Crippen LogP contribution in [0.3, 0.4) is 0 Å². The number of amides is 1. The number of fused-ring (bicyclic) bond motifs is 2. The van der Waals surface area contributed by atoms with E-state index in [1.54, 1.807) is 19.2 Å². The Hall–Kier alpha value is -3.60. The predicted molar refractivity (Wildman–Crippen MR) is 215 cm³/mol. The molecule has 5 N–H and O–H groups in total. The third-order valence-electron chi connectivity index (χ3n) is 10.2. The van der Waals surface area contributed by atoms with Gasteiger partial charge in [-0.15, -0.1) is 0 Å². The lowest BCUT2D eigenvalue weighted by Gasteiger charge is -2.31. The Morgan fingerprint density at radius 3 is 2.40 bits per heavy atom. The van der Waals surface area contributed by atoms with E-state index in [9.17, 15) is 28.4 Å². The molecule has 3 unspecified atom stereocenters. The number of benzene rings is 2. The molecule has 0 aromatic heterocycles. The number of hydroxylamine groups is 2. The number of allylic oxidation sites excluding steroid dienone is 6. The van der Waals surface area contributed by atoms with Crippen molar-refractivity contribution in [3.05, 3.63) is 119 Å². The molecule has 0 saturated heterocycles. The molecule has 53 heavy (non-hydrogen) atoms. The van der Waals surface area contributed by atoms with Crippen LogP contribution in [0, 0.1) is 5.41 Å². The molecule has 11 nitrogen and oxygen atoms in total. The molecule has 3 aliphatic heterocycles. The van der Waals surface area contributed by atoms with Crippen LogP contribution in [0.2, 0.25) is 0 Å². The van der Waals surface area contributed by atoms with Crippen molar-refractivity contribution >= 4 is 59.4 Å². The van der Waals surface area contributed by atoms with Gasteiger partial charge in [-0.25, -0.2) is 14.9 Å². The van der Waals surface area contributed by atoms with Crippen molar-refractivity contribution in [3.63, 3.8) is 0 Å². The van der Waals surface area contributed by atoms with Crippen LogP contribution < -0.4 is 9.80 Å². The van der Waals surface area contributed by atoms with Crippen LogP contribution in [-0.4, -0.2) is 86.3 Å². The first-order valence-corrected chi connectivity index (χ1v) is 19.9. The quantitative estimate of drug-likeness (QED) is 0.0531. The molecule has 3 atom stereocenters. The summed E-state index contributed by atoms with van der Waals surface area (Å²) in [5.74, 6) is -0.0833. The summed E-state index contributed by atoms with van der Waals surface area (Å²) in [7, 11) is 3.04. The number of likely N-dealkylation sites (N-methyl/N-ethyl adjacent to an activating group) is 1. The fraction of sp³-hybridized carbons (Fsp3) is 0.359. The van der Waals surface area contributed by atoms with E-state index >= 15 is 0 Å². The van der Waals surface area contributed by atoms with E-state index in [1.165, 1.54) is 12.2 Å². The van der Waals surface area contributed by atoms with Crippen molar-refractivity contribution in [2.75, 3.05) is 43.7 Å². The van der Waals surface area contributed by atoms with Crippen molar-refractivity contribution in [1.29, 1.82) is 0 Å². The average Bonchev–Trinajstić information content (AvgIpc) is 3.56. The van der Waals surface area contributed by atoms with Crippen LogP contribution in [0.5, 0.6) is 0 Å². The summed E-state index contributed by atoms with van der Waals surface area (Å²) in [5, 5.41) is 10.8. The summed E-state index contributed by atoms with van der Waals surface area (Å²) < 4.78 is 28.8. The fourth-order valence-electron chi connectivity index (χ4n) is 7.22. The fourth-order valence-corrected chi connectivity index (χ4v) is 8.05. The molecule has 14 heteroatoms. The zero-order valence-corrected chi connectivity index (χ0v) is 32.9. The average molecular weight is 780 g/mol. The predicted octanol–water partition coefficient (Wildman–Crippen LogP) is 6.80. The van der Waals surface area contributed by atoms with E-state index in [4.69, 9.17) is 9.83 Å². The molecule has 0 aliphatic carbocycles. The number of rotatable bonds is 16. The maximum Gasteiger partial charge on any atom is 0.335 e. The van der Waals surface area contributed by atoms with Crippen LogP contribution in [0.15, 0.2) is 112 Å². The van der Waals surface area contributed by atoms with E-state index in [2.05, 4.69) is 31.7 Å². The minimum atomic E-state index is -0.995. The Morgan fingerprint density at radius 2 is 1.74 bits per heavy atom. The lowest BCUT2D eigenvalue weighted by Crippen LogP contribution is -3.12. The zero-order valence-electron chi connectivity index (χ0n) is 30.5. The zero-order chi connectivity index (χ0) is 38.3. The normalized spacial score (nSPS) is 22.6. The van der Waals surface area contributed by atoms with Crippen molar-refractivity contribution in [3.8, 4) is 0 Å². The molecular weight excluding hydrogens is 733 g/mol. The van der Waals surface area contributed by atoms with Gasteiger partial charge in [0, 0.05) is 70.8 Å². The summed E-state index contributed by atoms with van der Waals surface area (Å²) in [6.07, 6.45) is 15.1. The third-order valence-corrected chi connectivity index (χ3v) is 11.6. The molecule has 0 bridgehead atoms. The van der Waals surface area contributed by atoms with Gasteiger partial charge in [0.15, 0.2) is 0 Å². The van der Waals surface area contributed by atoms with Crippen LogP contribution in [0.4, 0.5) is 5.69 Å². The summed E-state index contributed by atoms with van der Waals surface area (Å²) in [4.78, 5) is 39.1. The van der Waals surface area contributed by atoms with Crippen molar-refractivity contribution in [2.45, 2.75) is 50.1 Å². The summed E-state index contributed by atoms with van der Waals surface area (Å²) >= 11 is 2.30. The smallest absolute Gasteiger partial charge is 0.335 e. The molecule has 1 amide bonds. The molecule has 3 heterocycles. The highest BCUT2D eigenvalue weighted by molar-refractivity contribution is 7.94. The molecule has 282 valence electrons. The topological polar surface area (TPSA) is 148 Å². The van der Waals surface area contributed by atoms with Gasteiger partial charge in [0.1, 0.15) is 6.20 Å². The molecule has 0 fully saturated rings. The van der Waals surface area contributed by atoms with Gasteiger partial charge in [0.25, 0.3) is 5.91 Å². The number of anilines is 1. The lowest BCUT2D eigenvalue weighted by atomic mass is 9.75. The van der Waals surface area contributed by atoms with E-state index < -0.39 is 16.8 Å². The minimum absolute atomic E-state index is 0.193. The van der Waals surface area contributed by atoms with Crippen LogP contribution in [0.1, 0.15) is 55.1 Å². The highest BCUT2D eigenvalue weighted by Gasteiger charge is 2.47. The number of aromatic carboxylic acids is 1. The standard InChI is InChI=1S/C39H46N4O7S3/c1-38(2)31-23-27(36(44)41(4)50-5)25-42(19-9-21-51-47)35(31)40-33(38)11-7-6-8-12-34-39(3,28-15-13-26(14-16-28)37(45)46)30-24-29(53-49)17-18-32(30)43(34)20-10-22-52-48/h6-8,11-18,23-25,35,47-49H,9-10,19-22H2,1-5H3,(H,45,46)/p+1/b8-6+,11-7+,34-12+. The number of carbonyl (C=O) groups is 2. The number of carbonyl (C=O) groups excluding carboxylic acids is 1. The molecule has 2 aromatic rings. The molecular formula is C39H47N4O7S3+. The van der Waals surface area contributed by atoms with Gasteiger partial charge >= 0.3 is 5.97 Å². The Balaban J connectivity index is 1.49. The highest BCUT2D eigenvalue weighted by Crippen LogP contribution is 2.52. The number of hydrogen-bond acceptors (Lipinski definition) is 11. The highest BCUT2D eigenvalue weighted by atomic mass is 32.2. The monoisotopic (exact) mass is 779 g/mol. The second-order valence-electron chi connectivity index (χ2n) is 13.7. The van der Waals surface area contributed by atoms with Gasteiger partial charge < -0.3 is 23.7 Å². The molecule has 3 aliphatic rings. The van der Waals surface area contributed by atoms with Crippen LogP contribution in [-0.2, 0) is 15.0 Å². The van der Waals surface area contributed by atoms with Crippen LogP contribution in [0.25, 0.3) is 0 Å². The number of nitrogens with zero attached hydrogens (tertiary/aromatic N) is 3. The Morgan fingerprint density at radius 1 is 1.02 bits per heavy atom. The van der Waals surface area contributed by atoms with Crippen molar-refractivity contribution < 1.29 is 38.1 Å². The van der Waals surface area contributed by atoms with Gasteiger partial charge in [-0.2, -0.15) is 0 Å². The SMILES string of the molecule is CON(C)C(=O)C1=C[NH+](CCCSO)C2N=C(/C=C/C=C/C=C3/N(CCCSO)c4ccc(SO)cc4C3(C)c3ccc(C(=O)O)cc3)C(C)(C)C2=C1. The number of nitrogens with one attached hydrogen (secondary N) is 1. The Bertz CT molecular complexity index is 1870.